The van der Waals surface area contributed by atoms with Gasteiger partial charge in [-0.2, -0.15) is 5.26 Å². The molecule has 0 radical (unpaired) electrons. The highest BCUT2D eigenvalue weighted by molar-refractivity contribution is 5.33. The Morgan fingerprint density at radius 3 is 2.95 bits per heavy atom. The van der Waals surface area contributed by atoms with E-state index < -0.39 is 0 Å². The minimum Gasteiger partial charge on any atom is -0.484 e. The number of nitrogens with zero attached hydrogens (tertiary/aromatic N) is 2. The predicted octanol–water partition coefficient (Wildman–Crippen LogP) is 2.33. The second-order valence-electron chi connectivity index (χ2n) is 4.22. The zero-order chi connectivity index (χ0) is 14.4. The van der Waals surface area contributed by atoms with E-state index in [2.05, 4.69) is 12.6 Å². The second kappa shape index (κ2) is 6.39. The molecular formula is C16H14N2O2. The topological polar surface area (TPSA) is 55.0 Å². The number of pyridine rings is 1. The van der Waals surface area contributed by atoms with E-state index in [1.54, 1.807) is 47.2 Å². The van der Waals surface area contributed by atoms with Gasteiger partial charge in [-0.15, -0.1) is 0 Å². The van der Waals surface area contributed by atoms with Gasteiger partial charge in [-0.25, -0.2) is 0 Å². The Balaban J connectivity index is 2.27. The van der Waals surface area contributed by atoms with Crippen LogP contribution in [0.15, 0.2) is 60.0 Å². The number of hydrogen-bond donors (Lipinski definition) is 0. The minimum atomic E-state index is -0.197. The molecule has 4 nitrogen and oxygen atoms in total. The van der Waals surface area contributed by atoms with Crippen molar-refractivity contribution in [3.63, 3.8) is 0 Å². The summed E-state index contributed by atoms with van der Waals surface area (Å²) in [4.78, 5) is 12.2. The third-order valence-corrected chi connectivity index (χ3v) is 2.75. The summed E-state index contributed by atoms with van der Waals surface area (Å²) < 4.78 is 6.86. The van der Waals surface area contributed by atoms with Crippen LogP contribution in [0.2, 0.25) is 0 Å². The molecule has 4 heteroatoms. The molecule has 0 saturated carbocycles. The Hall–Kier alpha value is -2.80. The lowest BCUT2D eigenvalue weighted by molar-refractivity contribution is 0.354. The summed E-state index contributed by atoms with van der Waals surface area (Å²) in [5.41, 5.74) is 1.28. The van der Waals surface area contributed by atoms with Gasteiger partial charge in [0.05, 0.1) is 18.2 Å². The van der Waals surface area contributed by atoms with Crippen molar-refractivity contribution in [3.05, 3.63) is 76.7 Å². The maximum Gasteiger partial charge on any atom is 0.293 e. The first-order chi connectivity index (χ1) is 9.74. The lowest BCUT2D eigenvalue weighted by Crippen LogP contribution is -2.21. The molecule has 0 saturated heterocycles. The first kappa shape index (κ1) is 13.6. The van der Waals surface area contributed by atoms with Crippen molar-refractivity contribution in [2.75, 3.05) is 6.61 Å². The average Bonchev–Trinajstić information content (AvgIpc) is 2.48. The molecule has 0 spiro atoms. The zero-order valence-corrected chi connectivity index (χ0v) is 11.0. The van der Waals surface area contributed by atoms with Crippen molar-refractivity contribution < 1.29 is 4.74 Å². The van der Waals surface area contributed by atoms with Crippen molar-refractivity contribution in [1.29, 1.82) is 5.26 Å². The molecule has 0 fully saturated rings. The predicted molar refractivity (Wildman–Crippen MR) is 76.7 cm³/mol. The van der Waals surface area contributed by atoms with E-state index in [0.717, 1.165) is 5.56 Å². The molecule has 20 heavy (non-hydrogen) atoms. The van der Waals surface area contributed by atoms with Crippen LogP contribution in [-0.2, 0) is 6.54 Å². The van der Waals surface area contributed by atoms with Crippen LogP contribution in [0, 0.1) is 11.3 Å². The van der Waals surface area contributed by atoms with Crippen molar-refractivity contribution in [2.45, 2.75) is 6.54 Å². The summed E-state index contributed by atoms with van der Waals surface area (Å²) in [5, 5.41) is 8.88. The summed E-state index contributed by atoms with van der Waals surface area (Å²) in [5.74, 6) is 0.295. The highest BCUT2D eigenvalue weighted by Gasteiger charge is 2.04. The molecule has 0 bridgehead atoms. The Labute approximate surface area is 117 Å². The molecule has 0 atom stereocenters. The fourth-order valence-corrected chi connectivity index (χ4v) is 1.83. The molecule has 0 N–H and O–H groups in total. The molecular weight excluding hydrogens is 252 g/mol. The zero-order valence-electron chi connectivity index (χ0n) is 11.0. The molecule has 0 unspecified atom stereocenters. The van der Waals surface area contributed by atoms with Crippen LogP contribution < -0.4 is 10.3 Å². The minimum absolute atomic E-state index is 0.197. The number of rotatable bonds is 5. The standard InChI is InChI=1S/C16H14N2O2/c1-2-9-20-15-7-4-8-18(16(15)19)12-14-6-3-5-13(10-14)11-17/h2-8,10H,1,9,12H2. The van der Waals surface area contributed by atoms with Gasteiger partial charge in [-0.3, -0.25) is 4.79 Å². The average molecular weight is 266 g/mol. The third-order valence-electron chi connectivity index (χ3n) is 2.75. The number of nitriles is 1. The molecule has 0 aliphatic carbocycles. The fourth-order valence-electron chi connectivity index (χ4n) is 1.83. The highest BCUT2D eigenvalue weighted by Crippen LogP contribution is 2.07. The molecule has 0 aliphatic heterocycles. The van der Waals surface area contributed by atoms with Crippen molar-refractivity contribution in [1.82, 2.24) is 4.57 Å². The van der Waals surface area contributed by atoms with Gasteiger partial charge in [-0.05, 0) is 29.8 Å². The van der Waals surface area contributed by atoms with E-state index >= 15 is 0 Å². The summed E-state index contributed by atoms with van der Waals surface area (Å²) in [7, 11) is 0. The lowest BCUT2D eigenvalue weighted by atomic mass is 10.1. The van der Waals surface area contributed by atoms with E-state index in [0.29, 0.717) is 24.5 Å². The van der Waals surface area contributed by atoms with E-state index in [1.807, 2.05) is 6.07 Å². The summed E-state index contributed by atoms with van der Waals surface area (Å²) in [6, 6.07) is 12.7. The summed E-state index contributed by atoms with van der Waals surface area (Å²) in [6.07, 6.45) is 3.29. The highest BCUT2D eigenvalue weighted by atomic mass is 16.5. The molecule has 1 heterocycles. The molecule has 2 rings (SSSR count). The Morgan fingerprint density at radius 2 is 2.20 bits per heavy atom. The summed E-state index contributed by atoms with van der Waals surface area (Å²) in [6.45, 7) is 4.25. The van der Waals surface area contributed by atoms with Crippen LogP contribution in [0.1, 0.15) is 11.1 Å². The number of hydrogen-bond acceptors (Lipinski definition) is 3. The van der Waals surface area contributed by atoms with Crippen molar-refractivity contribution >= 4 is 0 Å². The smallest absolute Gasteiger partial charge is 0.293 e. The molecule has 1 aromatic carbocycles. The largest absolute Gasteiger partial charge is 0.484 e. The molecule has 100 valence electrons. The maximum atomic E-state index is 12.2. The number of aromatic nitrogens is 1. The number of benzene rings is 1. The van der Waals surface area contributed by atoms with Crippen LogP contribution in [0.25, 0.3) is 0 Å². The molecule has 1 aromatic heterocycles. The van der Waals surface area contributed by atoms with Gasteiger partial charge < -0.3 is 9.30 Å². The van der Waals surface area contributed by atoms with Crippen molar-refractivity contribution in [2.24, 2.45) is 0 Å². The van der Waals surface area contributed by atoms with E-state index in [1.165, 1.54) is 0 Å². The van der Waals surface area contributed by atoms with E-state index in [9.17, 15) is 4.79 Å². The van der Waals surface area contributed by atoms with Crippen LogP contribution >= 0.6 is 0 Å². The van der Waals surface area contributed by atoms with Crippen molar-refractivity contribution in [3.8, 4) is 11.8 Å². The van der Waals surface area contributed by atoms with Gasteiger partial charge in [0.15, 0.2) is 5.75 Å². The molecule has 0 aliphatic rings. The van der Waals surface area contributed by atoms with Gasteiger partial charge in [0.25, 0.3) is 5.56 Å². The van der Waals surface area contributed by atoms with E-state index in [4.69, 9.17) is 10.00 Å². The number of ether oxygens (including phenoxy) is 1. The van der Waals surface area contributed by atoms with Gasteiger partial charge in [0.1, 0.15) is 6.61 Å². The van der Waals surface area contributed by atoms with Gasteiger partial charge >= 0.3 is 0 Å². The molecule has 0 amide bonds. The first-order valence-electron chi connectivity index (χ1n) is 6.17. The maximum absolute atomic E-state index is 12.2. The van der Waals surface area contributed by atoms with Crippen LogP contribution in [-0.4, -0.2) is 11.2 Å². The van der Waals surface area contributed by atoms with Gasteiger partial charge in [0.2, 0.25) is 0 Å². The second-order valence-corrected chi connectivity index (χ2v) is 4.22. The Morgan fingerprint density at radius 1 is 1.35 bits per heavy atom. The van der Waals surface area contributed by atoms with E-state index in [-0.39, 0.29) is 5.56 Å². The third kappa shape index (κ3) is 3.15. The van der Waals surface area contributed by atoms with Crippen LogP contribution in [0.3, 0.4) is 0 Å². The van der Waals surface area contributed by atoms with Gasteiger partial charge in [-0.1, -0.05) is 24.8 Å². The van der Waals surface area contributed by atoms with Crippen LogP contribution in [0.5, 0.6) is 5.75 Å². The summed E-state index contributed by atoms with van der Waals surface area (Å²) >= 11 is 0. The first-order valence-corrected chi connectivity index (χ1v) is 6.17. The monoisotopic (exact) mass is 266 g/mol. The lowest BCUT2D eigenvalue weighted by Gasteiger charge is -2.08. The fraction of sp³-hybridized carbons (Fsp3) is 0.125. The Kier molecular flexibility index (Phi) is 4.35. The normalized spacial score (nSPS) is 9.75. The van der Waals surface area contributed by atoms with Crippen LogP contribution in [0.4, 0.5) is 0 Å². The SMILES string of the molecule is C=CCOc1cccn(Cc2cccc(C#N)c2)c1=O. The van der Waals surface area contributed by atoms with Gasteiger partial charge in [0, 0.05) is 6.20 Å². The molecule has 2 aromatic rings. The Bertz CT molecular complexity index is 711. The quantitative estimate of drug-likeness (QED) is 0.780.